The molecule has 0 fully saturated rings. The summed E-state index contributed by atoms with van der Waals surface area (Å²) in [6.45, 7) is 2.29. The van der Waals surface area contributed by atoms with Crippen LogP contribution in [0.5, 0.6) is 0 Å². The van der Waals surface area contributed by atoms with E-state index in [1.54, 1.807) is 7.05 Å². The van der Waals surface area contributed by atoms with Gasteiger partial charge in [0.05, 0.1) is 16.5 Å². The van der Waals surface area contributed by atoms with Crippen LogP contribution in [0, 0.1) is 10.1 Å². The lowest BCUT2D eigenvalue weighted by atomic mass is 10.1. The zero-order valence-electron chi connectivity index (χ0n) is 18.5. The van der Waals surface area contributed by atoms with Crippen LogP contribution >= 0.6 is 0 Å². The number of nitro groups is 1. The normalized spacial score (nSPS) is 10.8. The SMILES string of the molecule is CCc1ccc(CN(C)C(=O)COC(=O)CCCn2c(=O)oc3cc([N+](=O)[O-])ccc32)cc1. The van der Waals surface area contributed by atoms with E-state index in [4.69, 9.17) is 9.15 Å². The molecule has 0 bridgehead atoms. The van der Waals surface area contributed by atoms with Crippen molar-refractivity contribution in [3.05, 3.63) is 74.3 Å². The van der Waals surface area contributed by atoms with Gasteiger partial charge in [0, 0.05) is 32.6 Å². The Kier molecular flexibility index (Phi) is 7.60. The molecule has 0 N–H and O–H groups in total. The van der Waals surface area contributed by atoms with Crippen LogP contribution in [-0.4, -0.2) is 39.9 Å². The molecule has 1 amide bonds. The molecular formula is C23H25N3O7. The molecule has 10 nitrogen and oxygen atoms in total. The van der Waals surface area contributed by atoms with Gasteiger partial charge < -0.3 is 14.1 Å². The Labute approximate surface area is 189 Å². The zero-order chi connectivity index (χ0) is 24.0. The lowest BCUT2D eigenvalue weighted by molar-refractivity contribution is -0.384. The van der Waals surface area contributed by atoms with Crippen molar-refractivity contribution in [3.8, 4) is 0 Å². The molecule has 0 saturated carbocycles. The van der Waals surface area contributed by atoms with Crippen molar-refractivity contribution < 1.29 is 23.7 Å². The van der Waals surface area contributed by atoms with E-state index in [0.29, 0.717) is 12.1 Å². The molecule has 0 spiro atoms. The summed E-state index contributed by atoms with van der Waals surface area (Å²) in [4.78, 5) is 48.1. The summed E-state index contributed by atoms with van der Waals surface area (Å²) in [6.07, 6.45) is 1.22. The average Bonchev–Trinajstić information content (AvgIpc) is 3.12. The van der Waals surface area contributed by atoms with E-state index < -0.39 is 16.6 Å². The second kappa shape index (κ2) is 10.6. The number of nitrogens with zero attached hydrogens (tertiary/aromatic N) is 3. The maximum absolute atomic E-state index is 12.2. The summed E-state index contributed by atoms with van der Waals surface area (Å²) in [6, 6.07) is 11.9. The third-order valence-corrected chi connectivity index (χ3v) is 5.26. The highest BCUT2D eigenvalue weighted by Crippen LogP contribution is 2.20. The Hall–Kier alpha value is -3.95. The lowest BCUT2D eigenvalue weighted by Gasteiger charge is -2.17. The Morgan fingerprint density at radius 2 is 1.85 bits per heavy atom. The smallest absolute Gasteiger partial charge is 0.419 e. The number of carbonyl (C=O) groups is 2. The molecule has 0 saturated heterocycles. The van der Waals surface area contributed by atoms with Gasteiger partial charge in [0.25, 0.3) is 11.6 Å². The van der Waals surface area contributed by atoms with E-state index in [2.05, 4.69) is 6.92 Å². The van der Waals surface area contributed by atoms with Crippen molar-refractivity contribution in [2.75, 3.05) is 13.7 Å². The summed E-state index contributed by atoms with van der Waals surface area (Å²) in [5.74, 6) is -1.54. The fourth-order valence-electron chi connectivity index (χ4n) is 3.33. The predicted molar refractivity (Wildman–Crippen MR) is 120 cm³/mol. The Bertz CT molecular complexity index is 1210. The number of hydrogen-bond donors (Lipinski definition) is 0. The summed E-state index contributed by atoms with van der Waals surface area (Å²) >= 11 is 0. The topological polar surface area (TPSA) is 125 Å². The minimum atomic E-state index is -0.664. The van der Waals surface area contributed by atoms with Gasteiger partial charge in [-0.25, -0.2) is 4.79 Å². The van der Waals surface area contributed by atoms with Gasteiger partial charge in [-0.2, -0.15) is 0 Å². The molecule has 10 heteroatoms. The van der Waals surface area contributed by atoms with Crippen molar-refractivity contribution in [1.29, 1.82) is 0 Å². The largest absolute Gasteiger partial charge is 0.456 e. The summed E-state index contributed by atoms with van der Waals surface area (Å²) in [5, 5.41) is 10.9. The van der Waals surface area contributed by atoms with E-state index in [0.717, 1.165) is 12.0 Å². The van der Waals surface area contributed by atoms with Gasteiger partial charge in [-0.1, -0.05) is 31.2 Å². The van der Waals surface area contributed by atoms with Crippen molar-refractivity contribution in [2.24, 2.45) is 0 Å². The van der Waals surface area contributed by atoms with Crippen LogP contribution in [0.3, 0.4) is 0 Å². The van der Waals surface area contributed by atoms with Crippen LogP contribution in [0.15, 0.2) is 51.7 Å². The van der Waals surface area contributed by atoms with Crippen molar-refractivity contribution in [2.45, 2.75) is 39.3 Å². The standard InChI is InChI=1S/C23H25N3O7/c1-3-16-6-8-17(9-7-16)14-24(2)21(27)15-32-22(28)5-4-12-25-19-11-10-18(26(30)31)13-20(19)33-23(25)29/h6-11,13H,3-5,12,14-15H2,1-2H3. The molecule has 1 aromatic heterocycles. The van der Waals surface area contributed by atoms with E-state index in [-0.39, 0.29) is 43.2 Å². The number of fused-ring (bicyclic) bond motifs is 1. The number of aryl methyl sites for hydroxylation is 2. The first-order valence-corrected chi connectivity index (χ1v) is 10.5. The van der Waals surface area contributed by atoms with Gasteiger partial charge in [-0.3, -0.25) is 24.3 Å². The second-order valence-electron chi connectivity index (χ2n) is 7.61. The highest BCUT2D eigenvalue weighted by Gasteiger charge is 2.16. The summed E-state index contributed by atoms with van der Waals surface area (Å²) in [7, 11) is 1.64. The molecule has 0 aliphatic heterocycles. The lowest BCUT2D eigenvalue weighted by Crippen LogP contribution is -2.30. The van der Waals surface area contributed by atoms with Crippen molar-refractivity contribution in [1.82, 2.24) is 9.47 Å². The number of carbonyl (C=O) groups excluding carboxylic acids is 2. The third-order valence-electron chi connectivity index (χ3n) is 5.26. The fraction of sp³-hybridized carbons (Fsp3) is 0.348. The number of rotatable bonds is 10. The van der Waals surface area contributed by atoms with Crippen LogP contribution in [0.25, 0.3) is 11.1 Å². The molecule has 2 aromatic carbocycles. The fourth-order valence-corrected chi connectivity index (χ4v) is 3.33. The number of oxazole rings is 1. The third kappa shape index (κ3) is 6.06. The molecule has 0 atom stereocenters. The van der Waals surface area contributed by atoms with Gasteiger partial charge in [-0.15, -0.1) is 0 Å². The first-order valence-electron chi connectivity index (χ1n) is 10.5. The van der Waals surface area contributed by atoms with Crippen LogP contribution in [0.4, 0.5) is 5.69 Å². The molecule has 1 heterocycles. The van der Waals surface area contributed by atoms with Crippen LogP contribution in [-0.2, 0) is 33.8 Å². The van der Waals surface area contributed by atoms with Gasteiger partial charge in [0.1, 0.15) is 0 Å². The number of likely N-dealkylation sites (N-methyl/N-ethyl adjacent to an activating group) is 1. The van der Waals surface area contributed by atoms with E-state index in [1.165, 1.54) is 33.2 Å². The van der Waals surface area contributed by atoms with Gasteiger partial charge >= 0.3 is 11.7 Å². The summed E-state index contributed by atoms with van der Waals surface area (Å²) < 4.78 is 11.4. The van der Waals surface area contributed by atoms with Crippen LogP contribution in [0.1, 0.15) is 30.9 Å². The molecule has 33 heavy (non-hydrogen) atoms. The van der Waals surface area contributed by atoms with E-state index in [1.807, 2.05) is 24.3 Å². The predicted octanol–water partition coefficient (Wildman–Crippen LogP) is 3.05. The Balaban J connectivity index is 1.45. The number of nitro benzene ring substituents is 1. The highest BCUT2D eigenvalue weighted by atomic mass is 16.6. The molecule has 0 aliphatic rings. The minimum absolute atomic E-state index is 0.00156. The van der Waals surface area contributed by atoms with Gasteiger partial charge in [-0.05, 0) is 30.0 Å². The number of benzene rings is 2. The Morgan fingerprint density at radius 3 is 2.52 bits per heavy atom. The van der Waals surface area contributed by atoms with Crippen LogP contribution in [0.2, 0.25) is 0 Å². The van der Waals surface area contributed by atoms with Crippen molar-refractivity contribution in [3.63, 3.8) is 0 Å². The number of non-ortho nitro benzene ring substituents is 1. The van der Waals surface area contributed by atoms with Crippen LogP contribution < -0.4 is 5.76 Å². The van der Waals surface area contributed by atoms with Crippen molar-refractivity contribution >= 4 is 28.7 Å². The maximum atomic E-state index is 12.2. The molecule has 3 aromatic rings. The number of hydrogen-bond acceptors (Lipinski definition) is 7. The molecular weight excluding hydrogens is 430 g/mol. The molecule has 174 valence electrons. The number of ether oxygens (including phenoxy) is 1. The quantitative estimate of drug-likeness (QED) is 0.261. The highest BCUT2D eigenvalue weighted by molar-refractivity contribution is 5.80. The first-order chi connectivity index (χ1) is 15.8. The van der Waals surface area contributed by atoms with E-state index in [9.17, 15) is 24.5 Å². The summed E-state index contributed by atoms with van der Waals surface area (Å²) in [5.41, 5.74) is 2.53. The first kappa shape index (κ1) is 23.7. The number of aromatic nitrogens is 1. The second-order valence-corrected chi connectivity index (χ2v) is 7.61. The zero-order valence-corrected chi connectivity index (χ0v) is 18.5. The minimum Gasteiger partial charge on any atom is -0.456 e. The van der Waals surface area contributed by atoms with E-state index >= 15 is 0 Å². The number of esters is 1. The molecule has 0 radical (unpaired) electrons. The monoisotopic (exact) mass is 455 g/mol. The average molecular weight is 455 g/mol. The Morgan fingerprint density at radius 1 is 1.15 bits per heavy atom. The molecule has 3 rings (SSSR count). The molecule has 0 aliphatic carbocycles. The maximum Gasteiger partial charge on any atom is 0.419 e. The van der Waals surface area contributed by atoms with Gasteiger partial charge in [0.2, 0.25) is 0 Å². The molecule has 0 unspecified atom stereocenters. The van der Waals surface area contributed by atoms with Gasteiger partial charge in [0.15, 0.2) is 12.2 Å². The number of amides is 1.